The van der Waals surface area contributed by atoms with Crippen LogP contribution in [0, 0.1) is 5.82 Å². The summed E-state index contributed by atoms with van der Waals surface area (Å²) < 4.78 is 20.8. The van der Waals surface area contributed by atoms with Gasteiger partial charge in [-0.1, -0.05) is 28.1 Å². The van der Waals surface area contributed by atoms with Gasteiger partial charge in [-0.25, -0.2) is 4.39 Å². The van der Waals surface area contributed by atoms with Crippen LogP contribution in [0.4, 0.5) is 4.39 Å². The number of hydrogen-bond acceptors (Lipinski definition) is 2. The predicted molar refractivity (Wildman–Crippen MR) is 66.6 cm³/mol. The average Bonchev–Trinajstić information content (AvgIpc) is 2.73. The second-order valence-electron chi connectivity index (χ2n) is 3.67. The van der Waals surface area contributed by atoms with E-state index in [1.807, 2.05) is 19.3 Å². The molecule has 17 heavy (non-hydrogen) atoms. The lowest BCUT2D eigenvalue weighted by molar-refractivity contribution is 0.288. The Morgan fingerprint density at radius 3 is 2.94 bits per heavy atom. The van der Waals surface area contributed by atoms with Gasteiger partial charge in [-0.2, -0.15) is 5.10 Å². The fraction of sp³-hybridized carbons (Fsp3) is 0.250. The summed E-state index contributed by atoms with van der Waals surface area (Å²) in [6.07, 6.45) is 3.54. The van der Waals surface area contributed by atoms with E-state index >= 15 is 0 Å². The first kappa shape index (κ1) is 12.1. The minimum atomic E-state index is -0.342. The van der Waals surface area contributed by atoms with E-state index in [0.717, 1.165) is 11.1 Å². The van der Waals surface area contributed by atoms with E-state index in [9.17, 15) is 4.39 Å². The van der Waals surface area contributed by atoms with Gasteiger partial charge < -0.3 is 4.74 Å². The molecule has 5 heteroatoms. The van der Waals surface area contributed by atoms with Crippen LogP contribution in [0.1, 0.15) is 11.1 Å². The number of aromatic nitrogens is 2. The molecule has 0 fully saturated rings. The normalized spacial score (nSPS) is 10.5. The Hall–Kier alpha value is -1.36. The molecule has 3 nitrogen and oxygen atoms in total. The second-order valence-corrected chi connectivity index (χ2v) is 4.23. The molecule has 90 valence electrons. The maximum Gasteiger partial charge on any atom is 0.165 e. The van der Waals surface area contributed by atoms with Crippen molar-refractivity contribution < 1.29 is 9.13 Å². The number of para-hydroxylation sites is 1. The molecule has 0 atom stereocenters. The van der Waals surface area contributed by atoms with Gasteiger partial charge in [0.2, 0.25) is 0 Å². The van der Waals surface area contributed by atoms with Gasteiger partial charge in [0.05, 0.1) is 6.20 Å². The summed E-state index contributed by atoms with van der Waals surface area (Å²) in [5.74, 6) is -0.0425. The summed E-state index contributed by atoms with van der Waals surface area (Å²) in [5, 5.41) is 4.59. The minimum Gasteiger partial charge on any atom is -0.485 e. The largest absolute Gasteiger partial charge is 0.485 e. The number of alkyl halides is 1. The third kappa shape index (κ3) is 2.85. The van der Waals surface area contributed by atoms with Gasteiger partial charge in [-0.15, -0.1) is 0 Å². The molecule has 2 rings (SSSR count). The highest BCUT2D eigenvalue weighted by atomic mass is 79.9. The summed E-state index contributed by atoms with van der Waals surface area (Å²) in [4.78, 5) is 0. The van der Waals surface area contributed by atoms with Crippen molar-refractivity contribution in [3.63, 3.8) is 0 Å². The van der Waals surface area contributed by atoms with E-state index in [1.165, 1.54) is 6.07 Å². The van der Waals surface area contributed by atoms with E-state index < -0.39 is 0 Å². The highest BCUT2D eigenvalue weighted by Crippen LogP contribution is 2.25. The number of nitrogens with zero attached hydrogens (tertiary/aromatic N) is 2. The molecule has 0 amide bonds. The van der Waals surface area contributed by atoms with Crippen molar-refractivity contribution in [1.82, 2.24) is 9.78 Å². The predicted octanol–water partition coefficient (Wildman–Crippen LogP) is 3.03. The lowest BCUT2D eigenvalue weighted by Gasteiger charge is -2.09. The molecular weight excluding hydrogens is 287 g/mol. The summed E-state index contributed by atoms with van der Waals surface area (Å²) in [6.45, 7) is 0.314. The Kier molecular flexibility index (Phi) is 3.78. The van der Waals surface area contributed by atoms with Gasteiger partial charge in [0.1, 0.15) is 6.61 Å². The molecule has 1 aromatic heterocycles. The van der Waals surface area contributed by atoms with Crippen LogP contribution >= 0.6 is 15.9 Å². The zero-order chi connectivity index (χ0) is 12.3. The lowest BCUT2D eigenvalue weighted by atomic mass is 10.2. The van der Waals surface area contributed by atoms with Crippen LogP contribution in [0.2, 0.25) is 0 Å². The van der Waals surface area contributed by atoms with Gasteiger partial charge >= 0.3 is 0 Å². The molecule has 0 radical (unpaired) electrons. The molecule has 0 saturated heterocycles. The van der Waals surface area contributed by atoms with Gasteiger partial charge in [0.25, 0.3) is 0 Å². The molecule has 1 aromatic carbocycles. The highest BCUT2D eigenvalue weighted by molar-refractivity contribution is 9.08. The van der Waals surface area contributed by atoms with Crippen molar-refractivity contribution in [3.05, 3.63) is 47.5 Å². The number of benzene rings is 1. The summed E-state index contributed by atoms with van der Waals surface area (Å²) >= 11 is 3.31. The molecular formula is C12H12BrFN2O. The van der Waals surface area contributed by atoms with Crippen molar-refractivity contribution >= 4 is 15.9 Å². The summed E-state index contributed by atoms with van der Waals surface area (Å²) in [7, 11) is 1.83. The monoisotopic (exact) mass is 298 g/mol. The van der Waals surface area contributed by atoms with Crippen LogP contribution < -0.4 is 4.74 Å². The van der Waals surface area contributed by atoms with Gasteiger partial charge in [-0.3, -0.25) is 4.68 Å². The molecule has 0 unspecified atom stereocenters. The number of hydrogen-bond donors (Lipinski definition) is 0. The first-order chi connectivity index (χ1) is 8.20. The maximum absolute atomic E-state index is 13.6. The number of rotatable bonds is 4. The topological polar surface area (TPSA) is 27.1 Å². The molecule has 0 N–H and O–H groups in total. The second kappa shape index (κ2) is 5.31. The van der Waals surface area contributed by atoms with Crippen molar-refractivity contribution in [3.8, 4) is 5.75 Å². The van der Waals surface area contributed by atoms with Crippen LogP contribution in [0.25, 0.3) is 0 Å². The minimum absolute atomic E-state index is 0.299. The van der Waals surface area contributed by atoms with Crippen LogP contribution in [0.15, 0.2) is 30.6 Å². The lowest BCUT2D eigenvalue weighted by Crippen LogP contribution is -1.99. The van der Waals surface area contributed by atoms with Crippen LogP contribution in [0.5, 0.6) is 5.75 Å². The van der Waals surface area contributed by atoms with Crippen molar-refractivity contribution in [2.75, 3.05) is 0 Å². The molecule has 1 heterocycles. The van der Waals surface area contributed by atoms with Crippen molar-refractivity contribution in [1.29, 1.82) is 0 Å². The van der Waals surface area contributed by atoms with E-state index in [4.69, 9.17) is 4.74 Å². The molecule has 0 aliphatic heterocycles. The highest BCUT2D eigenvalue weighted by Gasteiger charge is 2.09. The molecule has 0 saturated carbocycles. The Balaban J connectivity index is 2.13. The third-order valence-electron chi connectivity index (χ3n) is 2.33. The van der Waals surface area contributed by atoms with Crippen LogP contribution in [-0.4, -0.2) is 9.78 Å². The summed E-state index contributed by atoms with van der Waals surface area (Å²) in [5.41, 5.74) is 1.71. The Morgan fingerprint density at radius 1 is 1.47 bits per heavy atom. The van der Waals surface area contributed by atoms with Gasteiger partial charge in [-0.05, 0) is 6.07 Å². The summed E-state index contributed by atoms with van der Waals surface area (Å²) in [6, 6.07) is 4.89. The van der Waals surface area contributed by atoms with Gasteiger partial charge in [0.15, 0.2) is 11.6 Å². The number of ether oxygens (including phenoxy) is 1. The molecule has 0 bridgehead atoms. The molecule has 2 aromatic rings. The van der Waals surface area contributed by atoms with Crippen molar-refractivity contribution in [2.24, 2.45) is 7.05 Å². The van der Waals surface area contributed by atoms with Crippen molar-refractivity contribution in [2.45, 2.75) is 11.9 Å². The number of halogens is 2. The maximum atomic E-state index is 13.6. The average molecular weight is 299 g/mol. The molecule has 0 aliphatic carbocycles. The smallest absolute Gasteiger partial charge is 0.165 e. The van der Waals surface area contributed by atoms with E-state index in [-0.39, 0.29) is 5.82 Å². The Bertz CT molecular complexity index is 513. The van der Waals surface area contributed by atoms with E-state index in [2.05, 4.69) is 21.0 Å². The quantitative estimate of drug-likeness (QED) is 0.811. The standard InChI is InChI=1S/C12H12BrFN2O/c1-16-7-9(6-15-16)8-17-12-10(5-13)3-2-4-11(12)14/h2-4,6-7H,5,8H2,1H3. The van der Waals surface area contributed by atoms with Crippen LogP contribution in [-0.2, 0) is 19.0 Å². The van der Waals surface area contributed by atoms with E-state index in [0.29, 0.717) is 17.7 Å². The molecule has 0 spiro atoms. The zero-order valence-corrected chi connectivity index (χ0v) is 10.9. The van der Waals surface area contributed by atoms with Crippen LogP contribution in [0.3, 0.4) is 0 Å². The zero-order valence-electron chi connectivity index (χ0n) is 9.36. The Labute approximate surface area is 107 Å². The first-order valence-electron chi connectivity index (χ1n) is 5.14. The SMILES string of the molecule is Cn1cc(COc2c(F)cccc2CBr)cn1. The molecule has 0 aliphatic rings. The van der Waals surface area contributed by atoms with E-state index in [1.54, 1.807) is 16.9 Å². The fourth-order valence-electron chi connectivity index (χ4n) is 1.52. The fourth-order valence-corrected chi connectivity index (χ4v) is 1.96. The third-order valence-corrected chi connectivity index (χ3v) is 2.94. The Morgan fingerprint density at radius 2 is 2.29 bits per heavy atom. The first-order valence-corrected chi connectivity index (χ1v) is 6.26. The number of aryl methyl sites for hydroxylation is 1. The van der Waals surface area contributed by atoms with Gasteiger partial charge in [0, 0.05) is 29.7 Å².